The summed E-state index contributed by atoms with van der Waals surface area (Å²) in [6, 6.07) is -0.529. The van der Waals surface area contributed by atoms with Gasteiger partial charge in [-0.25, -0.2) is 17.9 Å². The van der Waals surface area contributed by atoms with E-state index in [4.69, 9.17) is 9.84 Å². The monoisotopic (exact) mass is 411 g/mol. The summed E-state index contributed by atoms with van der Waals surface area (Å²) in [6.07, 6.45) is 17.1. The molecule has 1 aliphatic heterocycles. The first-order valence-corrected chi connectivity index (χ1v) is 10.9. The molecule has 0 aliphatic carbocycles. The van der Waals surface area contributed by atoms with Gasteiger partial charge in [-0.15, -0.1) is 0 Å². The lowest BCUT2D eigenvalue weighted by Gasteiger charge is -2.24. The average Bonchev–Trinajstić information content (AvgIpc) is 2.61. The van der Waals surface area contributed by atoms with Gasteiger partial charge < -0.3 is 14.9 Å². The highest BCUT2D eigenvalue weighted by Gasteiger charge is 2.22. The molecule has 0 amide bonds. The van der Waals surface area contributed by atoms with E-state index >= 15 is 0 Å². The molecular weight excluding hydrogens is 382 g/mol. The maximum atomic E-state index is 11.7. The number of nitrogens with one attached hydrogen (secondary N) is 1. The van der Waals surface area contributed by atoms with Crippen LogP contribution in [0.3, 0.4) is 0 Å². The molecule has 0 aromatic rings. The lowest BCUT2D eigenvalue weighted by atomic mass is 9.95. The van der Waals surface area contributed by atoms with Gasteiger partial charge in [-0.2, -0.15) is 0 Å². The lowest BCUT2D eigenvalue weighted by molar-refractivity contribution is -0.141. The minimum atomic E-state index is -3.46. The molecule has 1 rings (SSSR count). The number of sulfonamides is 1. The first-order valence-electron chi connectivity index (χ1n) is 9.03. The summed E-state index contributed by atoms with van der Waals surface area (Å²) in [5, 5.41) is 18.8. The molecule has 0 aromatic carbocycles. The van der Waals surface area contributed by atoms with Crippen LogP contribution >= 0.6 is 0 Å². The number of carbonyl (C=O) groups excluding carboxylic acids is 1. The number of esters is 1. The first-order chi connectivity index (χ1) is 13.2. The highest BCUT2D eigenvalue weighted by Crippen LogP contribution is 2.16. The van der Waals surface area contributed by atoms with Crippen LogP contribution < -0.4 is 4.72 Å². The molecule has 1 unspecified atom stereocenters. The van der Waals surface area contributed by atoms with E-state index in [0.717, 1.165) is 6.26 Å². The van der Waals surface area contributed by atoms with Crippen molar-refractivity contribution >= 4 is 16.0 Å². The molecular formula is C20H29NO6S. The number of allylic oxidation sites excluding steroid dienone is 4. The molecule has 1 aliphatic rings. The first kappa shape index (κ1) is 24.0. The van der Waals surface area contributed by atoms with E-state index in [9.17, 15) is 18.3 Å². The molecule has 0 spiro atoms. The Morgan fingerprint density at radius 2 is 2.00 bits per heavy atom. The summed E-state index contributed by atoms with van der Waals surface area (Å²) in [4.78, 5) is 11.3. The number of cyclic esters (lactones) is 1. The smallest absolute Gasteiger partial charge is 0.331 e. The van der Waals surface area contributed by atoms with E-state index < -0.39 is 28.1 Å². The molecule has 0 fully saturated rings. The Balaban J connectivity index is 2.72. The van der Waals surface area contributed by atoms with E-state index in [1.54, 1.807) is 54.7 Å². The second kappa shape index (κ2) is 12.5. The normalized spacial score (nSPS) is 21.7. The SMILES string of the molecule is C[C@@H](/C=C/[C@H]1CC=CC(=O)O1)C(C[C@@H](O)\C=C/C=C\C=C\CO)NS(C)(=O)=O. The predicted molar refractivity (Wildman–Crippen MR) is 109 cm³/mol. The van der Waals surface area contributed by atoms with Crippen molar-refractivity contribution in [3.8, 4) is 0 Å². The Morgan fingerprint density at radius 3 is 2.64 bits per heavy atom. The maximum absolute atomic E-state index is 11.7. The molecule has 4 atom stereocenters. The minimum Gasteiger partial charge on any atom is -0.455 e. The summed E-state index contributed by atoms with van der Waals surface area (Å²) in [7, 11) is -3.46. The van der Waals surface area contributed by atoms with Crippen LogP contribution in [0.15, 0.2) is 60.8 Å². The molecule has 28 heavy (non-hydrogen) atoms. The van der Waals surface area contributed by atoms with Gasteiger partial charge >= 0.3 is 5.97 Å². The number of hydrogen-bond acceptors (Lipinski definition) is 6. The molecule has 0 bridgehead atoms. The van der Waals surface area contributed by atoms with Crippen LogP contribution in [0.25, 0.3) is 0 Å². The summed E-state index contributed by atoms with van der Waals surface area (Å²) in [6.45, 7) is 1.78. The van der Waals surface area contributed by atoms with Gasteiger partial charge in [0.25, 0.3) is 0 Å². The van der Waals surface area contributed by atoms with E-state index in [2.05, 4.69) is 4.72 Å². The third-order valence-electron chi connectivity index (χ3n) is 3.92. The van der Waals surface area contributed by atoms with E-state index in [-0.39, 0.29) is 25.0 Å². The quantitative estimate of drug-likeness (QED) is 0.269. The van der Waals surface area contributed by atoms with E-state index in [1.807, 2.05) is 6.92 Å². The fourth-order valence-corrected chi connectivity index (χ4v) is 3.39. The van der Waals surface area contributed by atoms with Gasteiger partial charge in [0.05, 0.1) is 19.0 Å². The molecule has 7 nitrogen and oxygen atoms in total. The van der Waals surface area contributed by atoms with Crippen LogP contribution in [-0.4, -0.2) is 55.7 Å². The topological polar surface area (TPSA) is 113 Å². The molecule has 0 radical (unpaired) electrons. The largest absolute Gasteiger partial charge is 0.455 e. The van der Waals surface area contributed by atoms with Crippen LogP contribution in [0.4, 0.5) is 0 Å². The van der Waals surface area contributed by atoms with Crippen molar-refractivity contribution in [2.45, 2.75) is 38.0 Å². The highest BCUT2D eigenvalue weighted by molar-refractivity contribution is 7.88. The fourth-order valence-electron chi connectivity index (χ4n) is 2.53. The van der Waals surface area contributed by atoms with E-state index in [0.29, 0.717) is 6.42 Å². The Morgan fingerprint density at radius 1 is 1.29 bits per heavy atom. The highest BCUT2D eigenvalue weighted by atomic mass is 32.2. The predicted octanol–water partition coefficient (Wildman–Crippen LogP) is 1.38. The summed E-state index contributed by atoms with van der Waals surface area (Å²) in [5.74, 6) is -0.632. The number of hydrogen-bond donors (Lipinski definition) is 3. The molecule has 0 saturated carbocycles. The number of carbonyl (C=O) groups is 1. The van der Waals surface area contributed by atoms with Gasteiger partial charge in [0.1, 0.15) is 6.10 Å². The summed E-state index contributed by atoms with van der Waals surface area (Å²) >= 11 is 0. The van der Waals surface area contributed by atoms with E-state index in [1.165, 1.54) is 6.08 Å². The maximum Gasteiger partial charge on any atom is 0.331 e. The van der Waals surface area contributed by atoms with Crippen LogP contribution in [0.1, 0.15) is 19.8 Å². The fraction of sp³-hybridized carbons (Fsp3) is 0.450. The van der Waals surface area contributed by atoms with Gasteiger partial charge in [-0.05, 0) is 18.4 Å². The second-order valence-electron chi connectivity index (χ2n) is 6.54. The standard InChI is InChI=1S/C20H29NO6S/c1-16(12-13-18-10-8-11-20(24)27-18)19(21-28(2,25)26)15-17(23)9-6-4-3-5-7-14-22/h3-9,11-13,16-19,21-23H,10,14-15H2,1-2H3/b4-3-,7-5+,9-6-,13-12+/t16-,17-,18+,19?/m0/s1. The second-order valence-corrected chi connectivity index (χ2v) is 8.32. The lowest BCUT2D eigenvalue weighted by Crippen LogP contribution is -2.40. The third kappa shape index (κ3) is 11.0. The van der Waals surface area contributed by atoms with Crippen molar-refractivity contribution in [3.05, 3.63) is 60.8 Å². The zero-order valence-corrected chi connectivity index (χ0v) is 17.0. The van der Waals surface area contributed by atoms with Crippen molar-refractivity contribution in [1.82, 2.24) is 4.72 Å². The Bertz CT molecular complexity index is 736. The third-order valence-corrected chi connectivity index (χ3v) is 4.65. The number of aliphatic hydroxyl groups excluding tert-OH is 2. The molecule has 3 N–H and O–H groups in total. The number of aliphatic hydroxyl groups is 2. The van der Waals surface area contributed by atoms with Crippen LogP contribution in [0, 0.1) is 5.92 Å². The summed E-state index contributed by atoms with van der Waals surface area (Å²) in [5.41, 5.74) is 0. The number of rotatable bonds is 11. The van der Waals surface area contributed by atoms with Crippen molar-refractivity contribution < 1.29 is 28.2 Å². The molecule has 0 aromatic heterocycles. The molecule has 1 heterocycles. The zero-order valence-electron chi connectivity index (χ0n) is 16.1. The molecule has 0 saturated heterocycles. The van der Waals surface area contributed by atoms with Crippen molar-refractivity contribution in [3.63, 3.8) is 0 Å². The Hall–Kier alpha value is -2.00. The van der Waals surface area contributed by atoms with Crippen LogP contribution in [-0.2, 0) is 19.6 Å². The van der Waals surface area contributed by atoms with Gasteiger partial charge in [0.2, 0.25) is 10.0 Å². The van der Waals surface area contributed by atoms with Gasteiger partial charge in [0.15, 0.2) is 0 Å². The minimum absolute atomic E-state index is 0.0444. The van der Waals surface area contributed by atoms with Crippen molar-refractivity contribution in [1.29, 1.82) is 0 Å². The van der Waals surface area contributed by atoms with Crippen molar-refractivity contribution in [2.24, 2.45) is 5.92 Å². The number of ether oxygens (including phenoxy) is 1. The van der Waals surface area contributed by atoms with Crippen molar-refractivity contribution in [2.75, 3.05) is 12.9 Å². The summed E-state index contributed by atoms with van der Waals surface area (Å²) < 4.78 is 31.1. The van der Waals surface area contributed by atoms with Gasteiger partial charge in [-0.3, -0.25) is 0 Å². The van der Waals surface area contributed by atoms with Gasteiger partial charge in [0, 0.05) is 18.5 Å². The molecule has 8 heteroatoms. The average molecular weight is 412 g/mol. The zero-order chi connectivity index (χ0) is 21.0. The van der Waals surface area contributed by atoms with Crippen LogP contribution in [0.5, 0.6) is 0 Å². The Kier molecular flexibility index (Phi) is 10.7. The van der Waals surface area contributed by atoms with Crippen LogP contribution in [0.2, 0.25) is 0 Å². The Labute approximate surface area is 166 Å². The molecule has 156 valence electrons. The van der Waals surface area contributed by atoms with Gasteiger partial charge in [-0.1, -0.05) is 55.5 Å².